The van der Waals surface area contributed by atoms with E-state index in [0.717, 1.165) is 4.47 Å². The topological polar surface area (TPSA) is 63.2 Å². The number of ketones is 1. The van der Waals surface area contributed by atoms with E-state index in [-0.39, 0.29) is 17.1 Å². The lowest BCUT2D eigenvalue weighted by Crippen LogP contribution is -2.40. The molecule has 0 heterocycles. The fraction of sp³-hybridized carbons (Fsp3) is 0.118. The summed E-state index contributed by atoms with van der Waals surface area (Å²) in [5, 5.41) is 0. The maximum atomic E-state index is 12.5. The van der Waals surface area contributed by atoms with Crippen molar-refractivity contribution in [1.29, 1.82) is 0 Å². The molecule has 0 saturated carbocycles. The Balaban J connectivity index is 2.26. The Labute approximate surface area is 144 Å². The Bertz CT molecular complexity index is 786. The average molecular weight is 394 g/mol. The Kier molecular flexibility index (Phi) is 5.87. The minimum absolute atomic E-state index is 0.107. The summed E-state index contributed by atoms with van der Waals surface area (Å²) in [7, 11) is -3.79. The molecule has 2 aromatic rings. The number of hydrogen-bond donors (Lipinski definition) is 1. The molecule has 0 spiro atoms. The highest BCUT2D eigenvalue weighted by Crippen LogP contribution is 2.16. The van der Waals surface area contributed by atoms with Gasteiger partial charge in [0.2, 0.25) is 10.0 Å². The first-order valence-corrected chi connectivity index (χ1v) is 9.19. The first-order valence-electron chi connectivity index (χ1n) is 6.92. The van der Waals surface area contributed by atoms with Crippen LogP contribution in [0.1, 0.15) is 16.8 Å². The highest BCUT2D eigenvalue weighted by molar-refractivity contribution is 9.10. The fourth-order valence-corrected chi connectivity index (χ4v) is 3.52. The van der Waals surface area contributed by atoms with Crippen LogP contribution in [-0.2, 0) is 10.0 Å². The van der Waals surface area contributed by atoms with Crippen molar-refractivity contribution in [2.24, 2.45) is 0 Å². The number of halogens is 1. The quantitative estimate of drug-likeness (QED) is 0.577. The second kappa shape index (κ2) is 7.68. The van der Waals surface area contributed by atoms with Crippen LogP contribution in [0.25, 0.3) is 0 Å². The van der Waals surface area contributed by atoms with Gasteiger partial charge < -0.3 is 0 Å². The van der Waals surface area contributed by atoms with Gasteiger partial charge in [0.15, 0.2) is 5.78 Å². The normalized spacial score (nSPS) is 12.6. The summed E-state index contributed by atoms with van der Waals surface area (Å²) in [5.41, 5.74) is 0.456. The maximum Gasteiger partial charge on any atom is 0.241 e. The van der Waals surface area contributed by atoms with Crippen LogP contribution in [0.4, 0.5) is 0 Å². The van der Waals surface area contributed by atoms with Crippen LogP contribution in [0.2, 0.25) is 0 Å². The van der Waals surface area contributed by atoms with Crippen molar-refractivity contribution in [2.45, 2.75) is 17.4 Å². The van der Waals surface area contributed by atoms with E-state index in [1.165, 1.54) is 18.2 Å². The lowest BCUT2D eigenvalue weighted by molar-refractivity contribution is 0.0954. The zero-order valence-corrected chi connectivity index (χ0v) is 14.7. The van der Waals surface area contributed by atoms with E-state index >= 15 is 0 Å². The second-order valence-corrected chi connectivity index (χ2v) is 7.51. The van der Waals surface area contributed by atoms with Gasteiger partial charge in [-0.15, -0.1) is 6.58 Å². The molecule has 2 aromatic carbocycles. The Hall–Kier alpha value is -1.76. The molecule has 0 bridgehead atoms. The van der Waals surface area contributed by atoms with E-state index in [1.54, 1.807) is 42.5 Å². The number of rotatable bonds is 7. The summed E-state index contributed by atoms with van der Waals surface area (Å²) in [6, 6.07) is 13.9. The molecule has 23 heavy (non-hydrogen) atoms. The van der Waals surface area contributed by atoms with Crippen LogP contribution in [-0.4, -0.2) is 20.2 Å². The third-order valence-electron chi connectivity index (χ3n) is 3.20. The minimum atomic E-state index is -3.79. The number of Topliss-reactive ketones (excluding diaryl/α,β-unsaturated/α-hetero) is 1. The number of carbonyl (C=O) groups excluding carboxylic acids is 1. The molecule has 0 aliphatic carbocycles. The highest BCUT2D eigenvalue weighted by Gasteiger charge is 2.25. The molecule has 0 aromatic heterocycles. The van der Waals surface area contributed by atoms with Crippen LogP contribution < -0.4 is 4.72 Å². The van der Waals surface area contributed by atoms with Crippen LogP contribution in [0.3, 0.4) is 0 Å². The van der Waals surface area contributed by atoms with Gasteiger partial charge in [0.05, 0.1) is 10.9 Å². The molecule has 0 saturated heterocycles. The molecule has 0 amide bonds. The lowest BCUT2D eigenvalue weighted by Gasteiger charge is -2.16. The van der Waals surface area contributed by atoms with Gasteiger partial charge in [0, 0.05) is 10.0 Å². The zero-order chi connectivity index (χ0) is 16.9. The van der Waals surface area contributed by atoms with Crippen molar-refractivity contribution in [2.75, 3.05) is 0 Å². The molecule has 2 rings (SSSR count). The van der Waals surface area contributed by atoms with E-state index in [4.69, 9.17) is 0 Å². The van der Waals surface area contributed by atoms with Crippen LogP contribution in [0.5, 0.6) is 0 Å². The number of nitrogens with one attached hydrogen (secondary N) is 1. The largest absolute Gasteiger partial charge is 0.292 e. The Morgan fingerprint density at radius 2 is 1.74 bits per heavy atom. The van der Waals surface area contributed by atoms with Gasteiger partial charge in [0.1, 0.15) is 0 Å². The van der Waals surface area contributed by atoms with Crippen molar-refractivity contribution in [3.63, 3.8) is 0 Å². The summed E-state index contributed by atoms with van der Waals surface area (Å²) in [4.78, 5) is 12.6. The number of hydrogen-bond acceptors (Lipinski definition) is 3. The maximum absolute atomic E-state index is 12.5. The van der Waals surface area contributed by atoms with Gasteiger partial charge >= 0.3 is 0 Å². The molecular formula is C17H16BrNO3S. The summed E-state index contributed by atoms with van der Waals surface area (Å²) in [6.45, 7) is 3.60. The van der Waals surface area contributed by atoms with Gasteiger partial charge in [-0.1, -0.05) is 52.3 Å². The smallest absolute Gasteiger partial charge is 0.241 e. The van der Waals surface area contributed by atoms with Gasteiger partial charge in [-0.25, -0.2) is 8.42 Å². The third kappa shape index (κ3) is 4.60. The van der Waals surface area contributed by atoms with Gasteiger partial charge in [-0.05, 0) is 30.7 Å². The molecule has 4 nitrogen and oxygen atoms in total. The van der Waals surface area contributed by atoms with Crippen LogP contribution >= 0.6 is 15.9 Å². The van der Waals surface area contributed by atoms with Crippen molar-refractivity contribution < 1.29 is 13.2 Å². The SMILES string of the molecule is C=CCC(NS(=O)(=O)c1ccc(Br)cc1)C(=O)c1ccccc1. The molecule has 0 aliphatic heterocycles. The summed E-state index contributed by atoms with van der Waals surface area (Å²) < 4.78 is 28.1. The van der Waals surface area contributed by atoms with Gasteiger partial charge in [-0.2, -0.15) is 4.72 Å². The summed E-state index contributed by atoms with van der Waals surface area (Å²) >= 11 is 3.26. The van der Waals surface area contributed by atoms with Crippen molar-refractivity contribution in [1.82, 2.24) is 4.72 Å². The van der Waals surface area contributed by atoms with E-state index in [9.17, 15) is 13.2 Å². The number of sulfonamides is 1. The van der Waals surface area contributed by atoms with Crippen LogP contribution in [0, 0.1) is 0 Å². The predicted molar refractivity (Wildman–Crippen MR) is 93.8 cm³/mol. The molecule has 1 unspecified atom stereocenters. The average Bonchev–Trinajstić information content (AvgIpc) is 2.55. The predicted octanol–water partition coefficient (Wildman–Crippen LogP) is 3.56. The Morgan fingerprint density at radius 3 is 2.30 bits per heavy atom. The third-order valence-corrected chi connectivity index (χ3v) is 5.21. The molecule has 0 radical (unpaired) electrons. The Morgan fingerprint density at radius 1 is 1.13 bits per heavy atom. The van der Waals surface area contributed by atoms with Gasteiger partial charge in [-0.3, -0.25) is 4.79 Å². The first-order chi connectivity index (χ1) is 10.9. The van der Waals surface area contributed by atoms with Crippen molar-refractivity contribution in [3.8, 4) is 0 Å². The molecular weight excluding hydrogens is 378 g/mol. The van der Waals surface area contributed by atoms with E-state index in [1.807, 2.05) is 0 Å². The van der Waals surface area contributed by atoms with E-state index in [0.29, 0.717) is 5.56 Å². The van der Waals surface area contributed by atoms with Crippen molar-refractivity contribution in [3.05, 3.63) is 77.3 Å². The molecule has 1 atom stereocenters. The molecule has 6 heteroatoms. The van der Waals surface area contributed by atoms with E-state index < -0.39 is 16.1 Å². The summed E-state index contributed by atoms with van der Waals surface area (Å²) in [6.07, 6.45) is 1.74. The molecule has 0 fully saturated rings. The lowest BCUT2D eigenvalue weighted by atomic mass is 10.0. The second-order valence-electron chi connectivity index (χ2n) is 4.88. The monoisotopic (exact) mass is 393 g/mol. The standard InChI is InChI=1S/C17H16BrNO3S/c1-2-6-16(17(20)13-7-4-3-5-8-13)19-23(21,22)15-11-9-14(18)10-12-15/h2-5,7-12,16,19H,1,6H2. The number of benzene rings is 2. The summed E-state index contributed by atoms with van der Waals surface area (Å²) in [5.74, 6) is -0.286. The molecule has 120 valence electrons. The van der Waals surface area contributed by atoms with Crippen LogP contribution in [0.15, 0.2) is 76.6 Å². The number of carbonyl (C=O) groups is 1. The fourth-order valence-electron chi connectivity index (χ4n) is 2.05. The van der Waals surface area contributed by atoms with E-state index in [2.05, 4.69) is 27.2 Å². The molecule has 0 aliphatic rings. The van der Waals surface area contributed by atoms with Gasteiger partial charge in [0.25, 0.3) is 0 Å². The first kappa shape index (κ1) is 17.6. The van der Waals surface area contributed by atoms with Crippen molar-refractivity contribution >= 4 is 31.7 Å². The zero-order valence-electron chi connectivity index (χ0n) is 12.3. The molecule has 1 N–H and O–H groups in total. The minimum Gasteiger partial charge on any atom is -0.292 e. The highest BCUT2D eigenvalue weighted by atomic mass is 79.9.